The molecule has 3 aromatic carbocycles. The number of nitrogens with one attached hydrogen (secondary N) is 3. The van der Waals surface area contributed by atoms with Gasteiger partial charge in [0.25, 0.3) is 0 Å². The van der Waals surface area contributed by atoms with Crippen molar-refractivity contribution in [1.29, 1.82) is 0 Å². The molecule has 3 N–H and O–H groups in total. The molecular weight excluding hydrogens is 478 g/mol. The van der Waals surface area contributed by atoms with Crippen LogP contribution in [0.2, 0.25) is 0 Å². The third kappa shape index (κ3) is 4.81. The zero-order chi connectivity index (χ0) is 24.9. The molecule has 0 saturated carbocycles. The van der Waals surface area contributed by atoms with Crippen molar-refractivity contribution in [1.82, 2.24) is 20.4 Å². The molecule has 0 bridgehead atoms. The average Bonchev–Trinajstić information content (AvgIpc) is 3.31. The number of fused-ring (bicyclic) bond motifs is 1. The van der Waals surface area contributed by atoms with Crippen LogP contribution in [0.4, 0.5) is 22.5 Å². The minimum absolute atomic E-state index is 0.0477. The van der Waals surface area contributed by atoms with Gasteiger partial charge in [0, 0.05) is 0 Å². The molecule has 0 radical (unpaired) electrons. The minimum Gasteiger partial charge on any atom is -0.310 e. The number of hydrogen-bond acceptors (Lipinski definition) is 9. The minimum atomic E-state index is -0.638. The molecule has 1 amide bonds. The first kappa shape index (κ1) is 22.9. The molecule has 0 atom stereocenters. The van der Waals surface area contributed by atoms with E-state index >= 15 is 0 Å². The first-order valence-corrected chi connectivity index (χ1v) is 11.7. The summed E-state index contributed by atoms with van der Waals surface area (Å²) in [5, 5.41) is 15.3. The summed E-state index contributed by atoms with van der Waals surface area (Å²) >= 11 is 1.34. The van der Waals surface area contributed by atoms with E-state index in [4.69, 9.17) is 0 Å². The summed E-state index contributed by atoms with van der Waals surface area (Å²) in [6.07, 6.45) is 1.17. The van der Waals surface area contributed by atoms with E-state index in [2.05, 4.69) is 31.1 Å². The molecule has 10 nitrogen and oxygen atoms in total. The number of nitro groups is 1. The number of para-hydroxylation sites is 1. The van der Waals surface area contributed by atoms with Gasteiger partial charge in [0.15, 0.2) is 5.13 Å². The molecule has 2 heterocycles. The van der Waals surface area contributed by atoms with Crippen molar-refractivity contribution in [3.8, 4) is 0 Å². The number of nitrogens with zero attached hydrogens (tertiary/aromatic N) is 4. The van der Waals surface area contributed by atoms with Crippen molar-refractivity contribution >= 4 is 49.9 Å². The Labute approximate surface area is 209 Å². The summed E-state index contributed by atoms with van der Waals surface area (Å²) in [6, 6.07) is 26.0. The molecule has 0 aliphatic carbocycles. The van der Waals surface area contributed by atoms with E-state index in [0.29, 0.717) is 5.13 Å². The van der Waals surface area contributed by atoms with Crippen LogP contribution < -0.4 is 16.2 Å². The van der Waals surface area contributed by atoms with Crippen LogP contribution >= 0.6 is 11.3 Å². The van der Waals surface area contributed by atoms with Crippen molar-refractivity contribution < 1.29 is 9.72 Å². The maximum absolute atomic E-state index is 13.3. The summed E-state index contributed by atoms with van der Waals surface area (Å²) in [7, 11) is 0. The summed E-state index contributed by atoms with van der Waals surface area (Å²) in [5.74, 6) is -1.25. The first-order valence-electron chi connectivity index (χ1n) is 10.9. The third-order valence-corrected chi connectivity index (χ3v) is 6.31. The first-order chi connectivity index (χ1) is 17.6. The fourth-order valence-electron chi connectivity index (χ4n) is 3.74. The molecule has 36 heavy (non-hydrogen) atoms. The van der Waals surface area contributed by atoms with Crippen molar-refractivity contribution in [3.63, 3.8) is 0 Å². The quantitative estimate of drug-likeness (QED) is 0.201. The predicted molar refractivity (Wildman–Crippen MR) is 138 cm³/mol. The second-order valence-electron chi connectivity index (χ2n) is 7.66. The van der Waals surface area contributed by atoms with Crippen LogP contribution in [0.1, 0.15) is 17.0 Å². The Morgan fingerprint density at radius 3 is 2.11 bits per heavy atom. The number of anilines is 3. The molecule has 0 aliphatic heterocycles. The predicted octanol–water partition coefficient (Wildman–Crippen LogP) is 5.01. The second-order valence-corrected chi connectivity index (χ2v) is 8.69. The van der Waals surface area contributed by atoms with Gasteiger partial charge in [-0.15, -0.1) is 0 Å². The summed E-state index contributed by atoms with van der Waals surface area (Å²) in [4.78, 5) is 37.0. The number of carbonyl (C=O) groups excluding carboxylic acids is 1. The number of amides is 1. The van der Waals surface area contributed by atoms with Crippen LogP contribution in [-0.2, 0) is 4.79 Å². The number of aromatic nitrogens is 3. The van der Waals surface area contributed by atoms with Gasteiger partial charge in [0.1, 0.15) is 6.33 Å². The van der Waals surface area contributed by atoms with Crippen LogP contribution in [0.3, 0.4) is 0 Å². The largest absolute Gasteiger partial charge is 0.355 e. The van der Waals surface area contributed by atoms with Gasteiger partial charge in [-0.2, -0.15) is 0 Å². The molecular formula is C25H19N7O3S. The Morgan fingerprint density at radius 2 is 1.47 bits per heavy atom. The number of benzene rings is 3. The standard InChI is InChI=1S/C25H19N7O3S/c33-24(20(16-9-3-1-4-10-16)17-11-5-2-6-12-17)31-30-23-21(32(34)35)22(26-15-27-23)29-25-28-18-13-7-8-14-19(18)36-25/h1-15,20H,(H,31,33)(H2,26,27,28,29,30). The summed E-state index contributed by atoms with van der Waals surface area (Å²) < 4.78 is 0.926. The smallest absolute Gasteiger partial charge is 0.310 e. The molecule has 2 aromatic heterocycles. The Balaban J connectivity index is 1.40. The highest BCUT2D eigenvalue weighted by Gasteiger charge is 2.27. The SMILES string of the molecule is O=C(NNc1ncnc(Nc2nc3ccccc3s2)c1[N+](=O)[O-])C(c1ccccc1)c1ccccc1. The number of rotatable bonds is 8. The van der Waals surface area contributed by atoms with Crippen LogP contribution in [0.15, 0.2) is 91.3 Å². The number of hydrogen-bond donors (Lipinski definition) is 3. The van der Waals surface area contributed by atoms with E-state index in [1.807, 2.05) is 84.9 Å². The number of carbonyl (C=O) groups is 1. The number of hydrazine groups is 1. The van der Waals surface area contributed by atoms with Gasteiger partial charge in [-0.1, -0.05) is 84.1 Å². The van der Waals surface area contributed by atoms with E-state index < -0.39 is 22.4 Å². The van der Waals surface area contributed by atoms with Gasteiger partial charge in [0.05, 0.1) is 21.1 Å². The Morgan fingerprint density at radius 1 is 0.861 bits per heavy atom. The van der Waals surface area contributed by atoms with E-state index in [-0.39, 0.29) is 11.6 Å². The van der Waals surface area contributed by atoms with Crippen molar-refractivity contribution in [2.45, 2.75) is 5.92 Å². The lowest BCUT2D eigenvalue weighted by molar-refractivity contribution is -0.383. The molecule has 0 spiro atoms. The second kappa shape index (κ2) is 10.2. The lowest BCUT2D eigenvalue weighted by atomic mass is 9.91. The van der Waals surface area contributed by atoms with E-state index in [1.165, 1.54) is 17.7 Å². The third-order valence-electron chi connectivity index (χ3n) is 5.36. The van der Waals surface area contributed by atoms with Gasteiger partial charge in [0.2, 0.25) is 17.5 Å². The topological polar surface area (TPSA) is 135 Å². The van der Waals surface area contributed by atoms with E-state index in [0.717, 1.165) is 21.3 Å². The normalized spacial score (nSPS) is 10.8. The summed E-state index contributed by atoms with van der Waals surface area (Å²) in [6.45, 7) is 0. The zero-order valence-corrected chi connectivity index (χ0v) is 19.5. The van der Waals surface area contributed by atoms with Crippen LogP contribution in [0, 0.1) is 10.1 Å². The number of thiazole rings is 1. The van der Waals surface area contributed by atoms with Gasteiger partial charge in [-0.25, -0.2) is 15.0 Å². The maximum atomic E-state index is 13.3. The van der Waals surface area contributed by atoms with Gasteiger partial charge < -0.3 is 5.32 Å². The molecule has 11 heteroatoms. The highest BCUT2D eigenvalue weighted by molar-refractivity contribution is 7.22. The highest BCUT2D eigenvalue weighted by atomic mass is 32.1. The highest BCUT2D eigenvalue weighted by Crippen LogP contribution is 2.34. The van der Waals surface area contributed by atoms with Crippen LogP contribution in [0.25, 0.3) is 10.2 Å². The fourth-order valence-corrected chi connectivity index (χ4v) is 4.61. The lowest BCUT2D eigenvalue weighted by Crippen LogP contribution is -2.35. The molecule has 5 aromatic rings. The molecule has 0 aliphatic rings. The fraction of sp³-hybridized carbons (Fsp3) is 0.0400. The van der Waals surface area contributed by atoms with Gasteiger partial charge >= 0.3 is 5.69 Å². The van der Waals surface area contributed by atoms with E-state index in [1.54, 1.807) is 0 Å². The molecule has 0 fully saturated rings. The van der Waals surface area contributed by atoms with Crippen molar-refractivity contribution in [2.75, 3.05) is 10.7 Å². The van der Waals surface area contributed by atoms with Crippen molar-refractivity contribution in [2.24, 2.45) is 0 Å². The van der Waals surface area contributed by atoms with Crippen LogP contribution in [0.5, 0.6) is 0 Å². The van der Waals surface area contributed by atoms with Crippen molar-refractivity contribution in [3.05, 3.63) is 112 Å². The Hall–Kier alpha value is -4.90. The lowest BCUT2D eigenvalue weighted by Gasteiger charge is -2.18. The zero-order valence-electron chi connectivity index (χ0n) is 18.7. The monoisotopic (exact) mass is 497 g/mol. The van der Waals surface area contributed by atoms with E-state index in [9.17, 15) is 14.9 Å². The summed E-state index contributed by atoms with van der Waals surface area (Å²) in [5.41, 5.74) is 7.09. The van der Waals surface area contributed by atoms with Gasteiger partial charge in [-0.05, 0) is 23.3 Å². The molecule has 0 unspecified atom stereocenters. The molecule has 0 saturated heterocycles. The Kier molecular flexibility index (Phi) is 6.45. The Bertz CT molecular complexity index is 1450. The molecule has 178 valence electrons. The van der Waals surface area contributed by atoms with Crippen LogP contribution in [-0.4, -0.2) is 25.8 Å². The molecule has 5 rings (SSSR count). The average molecular weight is 498 g/mol. The van der Waals surface area contributed by atoms with Gasteiger partial charge in [-0.3, -0.25) is 25.8 Å². The maximum Gasteiger partial charge on any atom is 0.355 e.